The minimum atomic E-state index is -0.384. The van der Waals surface area contributed by atoms with Crippen LogP contribution in [0.4, 0.5) is 15.9 Å². The Hall–Kier alpha value is -4.14. The highest BCUT2D eigenvalue weighted by Gasteiger charge is 2.33. The number of carbonyl (C=O) groups excluding carboxylic acids is 1. The molecule has 0 bridgehead atoms. The number of thiocarbonyl (C=S) groups is 1. The molecule has 2 saturated heterocycles. The number of hydrogen-bond donors (Lipinski definition) is 0. The van der Waals surface area contributed by atoms with Crippen molar-refractivity contribution >= 4 is 51.8 Å². The number of carbonyl (C=O) groups is 1. The molecular weight excluding hydrogens is 561 g/mol. The Morgan fingerprint density at radius 1 is 1.05 bits per heavy atom. The first kappa shape index (κ1) is 28.4. The third-order valence-corrected chi connectivity index (χ3v) is 8.77. The molecule has 2 aliphatic rings. The summed E-state index contributed by atoms with van der Waals surface area (Å²) in [6, 6.07) is 15.9. The molecule has 3 aromatic rings. The Morgan fingerprint density at radius 3 is 2.29 bits per heavy atom. The molecule has 0 aliphatic carbocycles. The molecule has 1 aromatic heterocycles. The van der Waals surface area contributed by atoms with Gasteiger partial charge in [0.05, 0.1) is 18.6 Å². The van der Waals surface area contributed by atoms with Crippen LogP contribution in [0.3, 0.4) is 0 Å². The second kappa shape index (κ2) is 11.8. The van der Waals surface area contributed by atoms with Crippen molar-refractivity contribution < 1.29 is 13.9 Å². The second-order valence-electron chi connectivity index (χ2n) is 9.78. The van der Waals surface area contributed by atoms with Gasteiger partial charge < -0.3 is 14.5 Å². The van der Waals surface area contributed by atoms with Gasteiger partial charge in [-0.1, -0.05) is 36.1 Å². The maximum absolute atomic E-state index is 13.5. The van der Waals surface area contributed by atoms with Gasteiger partial charge >= 0.3 is 0 Å². The van der Waals surface area contributed by atoms with Crippen molar-refractivity contribution in [2.75, 3.05) is 43.1 Å². The van der Waals surface area contributed by atoms with Crippen molar-refractivity contribution in [1.29, 1.82) is 5.26 Å². The van der Waals surface area contributed by atoms with Gasteiger partial charge in [-0.25, -0.2) is 4.39 Å². The molecule has 0 radical (unpaired) electrons. The molecule has 5 rings (SSSR count). The summed E-state index contributed by atoms with van der Waals surface area (Å²) in [5.74, 6) is 0.860. The van der Waals surface area contributed by atoms with Crippen molar-refractivity contribution in [1.82, 2.24) is 9.47 Å². The maximum Gasteiger partial charge on any atom is 0.270 e. The van der Waals surface area contributed by atoms with Crippen molar-refractivity contribution in [2.24, 2.45) is 7.05 Å². The quantitative estimate of drug-likeness (QED) is 0.309. The van der Waals surface area contributed by atoms with E-state index in [9.17, 15) is 19.2 Å². The van der Waals surface area contributed by atoms with Crippen molar-refractivity contribution in [3.63, 3.8) is 0 Å². The number of halogens is 1. The molecule has 1 amide bonds. The minimum absolute atomic E-state index is 0.0427. The summed E-state index contributed by atoms with van der Waals surface area (Å²) < 4.78 is 20.6. The van der Waals surface area contributed by atoms with E-state index in [1.54, 1.807) is 44.2 Å². The lowest BCUT2D eigenvalue weighted by molar-refractivity contribution is -0.122. The predicted molar refractivity (Wildman–Crippen MR) is 164 cm³/mol. The van der Waals surface area contributed by atoms with Gasteiger partial charge in [-0.2, -0.15) is 5.26 Å². The van der Waals surface area contributed by atoms with Gasteiger partial charge in [0.25, 0.3) is 11.5 Å². The van der Waals surface area contributed by atoms with Crippen LogP contribution < -0.4 is 20.1 Å². The number of pyridine rings is 1. The topological polar surface area (TPSA) is 81.8 Å². The molecule has 8 nitrogen and oxygen atoms in total. The Bertz CT molecular complexity index is 1640. The van der Waals surface area contributed by atoms with Crippen LogP contribution >= 0.6 is 24.0 Å². The number of rotatable bonds is 6. The number of nitrogens with zero attached hydrogens (tertiary/aromatic N) is 5. The van der Waals surface area contributed by atoms with Gasteiger partial charge in [-0.3, -0.25) is 19.1 Å². The molecule has 2 aromatic carbocycles. The normalized spacial score (nSPS) is 16.5. The van der Waals surface area contributed by atoms with E-state index in [1.165, 1.54) is 28.5 Å². The molecule has 2 fully saturated rings. The zero-order chi connectivity index (χ0) is 29.3. The number of benzene rings is 2. The van der Waals surface area contributed by atoms with E-state index in [1.807, 2.05) is 30.3 Å². The number of ether oxygens (including phenoxy) is 1. The first-order valence-electron chi connectivity index (χ1n) is 13.0. The highest BCUT2D eigenvalue weighted by atomic mass is 32.2. The molecular formula is C30H28FN5O3S2. The predicted octanol–water partition coefficient (Wildman–Crippen LogP) is 4.44. The van der Waals surface area contributed by atoms with Crippen LogP contribution in [0.2, 0.25) is 0 Å². The van der Waals surface area contributed by atoms with Crippen LogP contribution in [0.25, 0.3) is 6.08 Å². The smallest absolute Gasteiger partial charge is 0.270 e. The van der Waals surface area contributed by atoms with Gasteiger partial charge in [-0.05, 0) is 60.5 Å². The van der Waals surface area contributed by atoms with E-state index in [-0.39, 0.29) is 22.8 Å². The fourth-order valence-electron chi connectivity index (χ4n) is 5.10. The van der Waals surface area contributed by atoms with Gasteiger partial charge in [0.1, 0.15) is 33.3 Å². The lowest BCUT2D eigenvalue weighted by Gasteiger charge is -2.38. The molecule has 3 heterocycles. The fourth-order valence-corrected chi connectivity index (χ4v) is 6.34. The summed E-state index contributed by atoms with van der Waals surface area (Å²) in [6.07, 6.45) is 1.75. The summed E-state index contributed by atoms with van der Waals surface area (Å²) in [4.78, 5) is 32.9. The average Bonchev–Trinajstić information content (AvgIpc) is 3.24. The Kier molecular flexibility index (Phi) is 8.15. The number of piperazine rings is 1. The van der Waals surface area contributed by atoms with Crippen LogP contribution in [0.1, 0.15) is 22.3 Å². The number of thioether (sulfide) groups is 1. The molecule has 0 spiro atoms. The number of methoxy groups -OCH3 is 1. The largest absolute Gasteiger partial charge is 0.497 e. The van der Waals surface area contributed by atoms with Crippen LogP contribution in [0.5, 0.6) is 5.75 Å². The first-order chi connectivity index (χ1) is 19.7. The van der Waals surface area contributed by atoms with Crippen molar-refractivity contribution in [3.8, 4) is 11.8 Å². The SMILES string of the molecule is COc1ccc(CN2C(=O)/C(=C\c3c(C)c(C#N)c(=O)n(C)c3N3CCN(c4ccc(F)cc4)CC3)SC2=S)cc1. The molecule has 2 aliphatic heterocycles. The van der Waals surface area contributed by atoms with E-state index in [4.69, 9.17) is 17.0 Å². The van der Waals surface area contributed by atoms with E-state index in [2.05, 4.69) is 9.80 Å². The summed E-state index contributed by atoms with van der Waals surface area (Å²) in [5, 5.41) is 9.79. The maximum atomic E-state index is 13.5. The zero-order valence-corrected chi connectivity index (χ0v) is 24.5. The third kappa shape index (κ3) is 5.58. The zero-order valence-electron chi connectivity index (χ0n) is 22.9. The fraction of sp³-hybridized carbons (Fsp3) is 0.267. The van der Waals surface area contributed by atoms with E-state index in [0.29, 0.717) is 58.9 Å². The van der Waals surface area contributed by atoms with Gasteiger partial charge in [0, 0.05) is 44.5 Å². The van der Waals surface area contributed by atoms with Gasteiger partial charge in [0.2, 0.25) is 0 Å². The van der Waals surface area contributed by atoms with E-state index < -0.39 is 0 Å². The summed E-state index contributed by atoms with van der Waals surface area (Å²) in [7, 11) is 3.25. The average molecular weight is 590 g/mol. The van der Waals surface area contributed by atoms with Crippen molar-refractivity contribution in [2.45, 2.75) is 13.5 Å². The van der Waals surface area contributed by atoms with Crippen LogP contribution in [0, 0.1) is 24.1 Å². The Morgan fingerprint density at radius 2 is 1.68 bits per heavy atom. The van der Waals surface area contributed by atoms with Crippen LogP contribution in [0.15, 0.2) is 58.2 Å². The first-order valence-corrected chi connectivity index (χ1v) is 14.2. The summed E-state index contributed by atoms with van der Waals surface area (Å²) in [5.41, 5.74) is 2.66. The van der Waals surface area contributed by atoms with E-state index in [0.717, 1.165) is 17.0 Å². The number of hydrogen-bond acceptors (Lipinski definition) is 8. The Balaban J connectivity index is 1.46. The highest BCUT2D eigenvalue weighted by Crippen LogP contribution is 2.37. The standard InChI is InChI=1S/C30H28FN5O3S2/c1-19-24(16-26-29(38)36(30(40)41-26)18-20-4-10-23(39-3)11-5-20)27(33(2)28(37)25(19)17-32)35-14-12-34(13-15-35)22-8-6-21(31)7-9-22/h4-11,16H,12-15,18H2,1-3H3/b26-16+. The number of anilines is 2. The van der Waals surface area contributed by atoms with Gasteiger partial charge in [-0.15, -0.1) is 0 Å². The minimum Gasteiger partial charge on any atom is -0.497 e. The monoisotopic (exact) mass is 589 g/mol. The molecule has 210 valence electrons. The highest BCUT2D eigenvalue weighted by molar-refractivity contribution is 8.26. The van der Waals surface area contributed by atoms with E-state index >= 15 is 0 Å². The lowest BCUT2D eigenvalue weighted by Crippen LogP contribution is -2.48. The lowest BCUT2D eigenvalue weighted by atomic mass is 10.0. The number of amides is 1. The van der Waals surface area contributed by atoms with Crippen LogP contribution in [-0.4, -0.2) is 53.0 Å². The second-order valence-corrected chi connectivity index (χ2v) is 11.5. The van der Waals surface area contributed by atoms with Crippen LogP contribution in [-0.2, 0) is 18.4 Å². The number of nitriles is 1. The molecule has 0 unspecified atom stereocenters. The Labute approximate surface area is 247 Å². The third-order valence-electron chi connectivity index (χ3n) is 7.39. The summed E-state index contributed by atoms with van der Waals surface area (Å²) in [6.45, 7) is 4.55. The molecule has 0 N–H and O–H groups in total. The molecule has 41 heavy (non-hydrogen) atoms. The molecule has 0 saturated carbocycles. The summed E-state index contributed by atoms with van der Waals surface area (Å²) >= 11 is 6.77. The van der Waals surface area contributed by atoms with Crippen molar-refractivity contribution in [3.05, 3.63) is 91.9 Å². The molecule has 11 heteroatoms. The molecule has 0 atom stereocenters. The van der Waals surface area contributed by atoms with Gasteiger partial charge in [0.15, 0.2) is 0 Å². The number of aromatic nitrogens is 1.